The van der Waals surface area contributed by atoms with Gasteiger partial charge in [0.1, 0.15) is 9.84 Å². The molecule has 118 valence electrons. The van der Waals surface area contributed by atoms with Crippen molar-refractivity contribution < 1.29 is 8.42 Å². The second-order valence-corrected chi connectivity index (χ2v) is 7.90. The van der Waals surface area contributed by atoms with Crippen molar-refractivity contribution in [3.05, 3.63) is 29.8 Å². The van der Waals surface area contributed by atoms with E-state index in [0.29, 0.717) is 12.5 Å². The third-order valence-corrected chi connectivity index (χ3v) is 4.57. The summed E-state index contributed by atoms with van der Waals surface area (Å²) in [6.45, 7) is 2.48. The van der Waals surface area contributed by atoms with Crippen LogP contribution in [0, 0.1) is 12.3 Å². The molecule has 0 bridgehead atoms. The summed E-state index contributed by atoms with van der Waals surface area (Å²) in [4.78, 5) is 4.28. The summed E-state index contributed by atoms with van der Waals surface area (Å²) in [5.74, 6) is 0.523. The molecular formula is C14H22IN3O2S. The van der Waals surface area contributed by atoms with Gasteiger partial charge >= 0.3 is 0 Å². The van der Waals surface area contributed by atoms with Gasteiger partial charge in [0, 0.05) is 23.9 Å². The minimum atomic E-state index is -2.96. The predicted molar refractivity (Wildman–Crippen MR) is 98.1 cm³/mol. The average Bonchev–Trinajstić information content (AvgIpc) is 3.08. The molecule has 0 radical (unpaired) electrons. The number of halogens is 1. The van der Waals surface area contributed by atoms with Gasteiger partial charge in [0.2, 0.25) is 0 Å². The lowest BCUT2D eigenvalue weighted by Crippen LogP contribution is -2.26. The largest absolute Gasteiger partial charge is 0.370 e. The highest BCUT2D eigenvalue weighted by molar-refractivity contribution is 14.0. The smallest absolute Gasteiger partial charge is 0.193 e. The lowest BCUT2D eigenvalue weighted by atomic mass is 10.1. The number of nitrogens with two attached hydrogens (primary N) is 1. The van der Waals surface area contributed by atoms with Crippen molar-refractivity contribution in [1.29, 1.82) is 0 Å². The number of benzene rings is 1. The summed E-state index contributed by atoms with van der Waals surface area (Å²) in [5.41, 5.74) is 7.70. The van der Waals surface area contributed by atoms with Crippen molar-refractivity contribution in [1.82, 2.24) is 0 Å². The summed E-state index contributed by atoms with van der Waals surface area (Å²) in [5, 5.41) is 3.01. The zero-order valence-electron chi connectivity index (χ0n) is 12.3. The fourth-order valence-electron chi connectivity index (χ4n) is 2.16. The van der Waals surface area contributed by atoms with Gasteiger partial charge in [-0.3, -0.25) is 4.99 Å². The molecule has 0 aliphatic heterocycles. The molecule has 1 aliphatic rings. The van der Waals surface area contributed by atoms with Crippen LogP contribution in [0.5, 0.6) is 0 Å². The molecule has 1 saturated carbocycles. The Balaban J connectivity index is 0.00000220. The van der Waals surface area contributed by atoms with E-state index < -0.39 is 9.84 Å². The molecule has 0 amide bonds. The molecule has 0 aromatic heterocycles. The first kappa shape index (κ1) is 18.2. The number of sulfone groups is 1. The number of aryl methyl sites for hydroxylation is 1. The molecule has 0 heterocycles. The van der Waals surface area contributed by atoms with E-state index in [1.54, 1.807) is 0 Å². The molecule has 0 spiro atoms. The fourth-order valence-corrected chi connectivity index (χ4v) is 3.65. The zero-order chi connectivity index (χ0) is 14.8. The van der Waals surface area contributed by atoms with Gasteiger partial charge in [0.25, 0.3) is 0 Å². The summed E-state index contributed by atoms with van der Waals surface area (Å²) in [7, 11) is -2.96. The Labute approximate surface area is 143 Å². The molecule has 0 unspecified atom stereocenters. The Bertz CT molecular complexity index is 608. The number of nitrogens with zero attached hydrogens (tertiary/aromatic N) is 1. The summed E-state index contributed by atoms with van der Waals surface area (Å²) >= 11 is 0. The van der Waals surface area contributed by atoms with E-state index >= 15 is 0 Å². The predicted octanol–water partition coefficient (Wildman–Crippen LogP) is 2.16. The second kappa shape index (κ2) is 6.95. The maximum atomic E-state index is 11.4. The molecule has 7 heteroatoms. The van der Waals surface area contributed by atoms with Gasteiger partial charge in [0.15, 0.2) is 5.96 Å². The van der Waals surface area contributed by atoms with E-state index in [1.165, 1.54) is 11.8 Å². The van der Waals surface area contributed by atoms with Crippen molar-refractivity contribution in [3.63, 3.8) is 0 Å². The maximum absolute atomic E-state index is 11.4. The van der Waals surface area contributed by atoms with Crippen LogP contribution in [0.4, 0.5) is 5.69 Å². The van der Waals surface area contributed by atoms with Crippen LogP contribution in [0.25, 0.3) is 0 Å². The lowest BCUT2D eigenvalue weighted by molar-refractivity contribution is 0.552. The number of nitrogens with one attached hydrogen (secondary N) is 1. The van der Waals surface area contributed by atoms with Gasteiger partial charge in [-0.1, -0.05) is 17.7 Å². The Morgan fingerprint density at radius 1 is 1.33 bits per heavy atom. The van der Waals surface area contributed by atoms with Crippen LogP contribution in [0.2, 0.25) is 0 Å². The summed E-state index contributed by atoms with van der Waals surface area (Å²) in [6, 6.07) is 7.84. The first-order valence-corrected chi connectivity index (χ1v) is 8.65. The highest BCUT2D eigenvalue weighted by Gasteiger charge is 2.45. The standard InChI is InChI=1S/C14H21N3O2S.HI/c1-11-3-5-12(6-4-11)17-13(15)16-9-14(7-8-14)10-20(2,18)19;/h3-6H,7-10H2,1-2H3,(H3,15,16,17);1H. The molecule has 2 rings (SSSR count). The van der Waals surface area contributed by atoms with Gasteiger partial charge in [-0.15, -0.1) is 24.0 Å². The Kier molecular flexibility index (Phi) is 6.03. The topological polar surface area (TPSA) is 84.5 Å². The molecule has 1 aromatic rings. The summed E-state index contributed by atoms with van der Waals surface area (Å²) < 4.78 is 22.7. The van der Waals surface area contributed by atoms with Gasteiger partial charge < -0.3 is 11.1 Å². The van der Waals surface area contributed by atoms with Crippen LogP contribution in [-0.4, -0.2) is 32.9 Å². The average molecular weight is 423 g/mol. The Morgan fingerprint density at radius 3 is 2.38 bits per heavy atom. The highest BCUT2D eigenvalue weighted by atomic mass is 127. The van der Waals surface area contributed by atoms with Gasteiger partial charge in [-0.25, -0.2) is 8.42 Å². The molecule has 1 aliphatic carbocycles. The van der Waals surface area contributed by atoms with Crippen LogP contribution in [0.3, 0.4) is 0 Å². The molecule has 5 nitrogen and oxygen atoms in total. The number of hydrogen-bond acceptors (Lipinski definition) is 3. The SMILES string of the molecule is Cc1ccc(NC(N)=NCC2(CS(C)(=O)=O)CC2)cc1.I. The molecule has 3 N–H and O–H groups in total. The zero-order valence-corrected chi connectivity index (χ0v) is 15.4. The highest BCUT2D eigenvalue weighted by Crippen LogP contribution is 2.46. The molecular weight excluding hydrogens is 401 g/mol. The van der Waals surface area contributed by atoms with E-state index in [9.17, 15) is 8.42 Å². The van der Waals surface area contributed by atoms with Crippen LogP contribution in [0.1, 0.15) is 18.4 Å². The van der Waals surface area contributed by atoms with Crippen molar-refractivity contribution in [2.75, 3.05) is 23.9 Å². The first-order valence-electron chi connectivity index (χ1n) is 6.59. The van der Waals surface area contributed by atoms with E-state index in [2.05, 4.69) is 10.3 Å². The van der Waals surface area contributed by atoms with Crippen molar-refractivity contribution in [2.45, 2.75) is 19.8 Å². The molecule has 0 saturated heterocycles. The number of rotatable bonds is 5. The minimum absolute atomic E-state index is 0. The van der Waals surface area contributed by atoms with Crippen molar-refractivity contribution in [3.8, 4) is 0 Å². The quantitative estimate of drug-likeness (QED) is 0.432. The third-order valence-electron chi connectivity index (χ3n) is 3.43. The monoisotopic (exact) mass is 423 g/mol. The second-order valence-electron chi connectivity index (χ2n) is 5.76. The van der Waals surface area contributed by atoms with Crippen LogP contribution in [0.15, 0.2) is 29.3 Å². The number of hydrogen-bond donors (Lipinski definition) is 2. The van der Waals surface area contributed by atoms with E-state index in [4.69, 9.17) is 5.73 Å². The molecule has 1 aromatic carbocycles. The Morgan fingerprint density at radius 2 is 1.90 bits per heavy atom. The minimum Gasteiger partial charge on any atom is -0.370 e. The number of anilines is 1. The number of guanidine groups is 1. The molecule has 1 fully saturated rings. The van der Waals surface area contributed by atoms with Crippen LogP contribution in [-0.2, 0) is 9.84 Å². The van der Waals surface area contributed by atoms with E-state index in [-0.39, 0.29) is 35.1 Å². The molecule has 0 atom stereocenters. The van der Waals surface area contributed by atoms with Crippen LogP contribution >= 0.6 is 24.0 Å². The summed E-state index contributed by atoms with van der Waals surface area (Å²) in [6.07, 6.45) is 3.08. The number of aliphatic imine (C=N–C) groups is 1. The Hall–Kier alpha value is -0.830. The molecule has 21 heavy (non-hydrogen) atoms. The van der Waals surface area contributed by atoms with Gasteiger partial charge in [0.05, 0.1) is 5.75 Å². The fraction of sp³-hybridized carbons (Fsp3) is 0.500. The van der Waals surface area contributed by atoms with E-state index in [0.717, 1.165) is 18.5 Å². The normalized spacial score (nSPS) is 17.0. The van der Waals surface area contributed by atoms with E-state index in [1.807, 2.05) is 31.2 Å². The van der Waals surface area contributed by atoms with Crippen molar-refractivity contribution in [2.24, 2.45) is 16.1 Å². The van der Waals surface area contributed by atoms with Crippen molar-refractivity contribution >= 4 is 45.5 Å². The maximum Gasteiger partial charge on any atom is 0.193 e. The van der Waals surface area contributed by atoms with Crippen LogP contribution < -0.4 is 11.1 Å². The third kappa shape index (κ3) is 6.21. The van der Waals surface area contributed by atoms with Gasteiger partial charge in [-0.2, -0.15) is 0 Å². The van der Waals surface area contributed by atoms with Gasteiger partial charge in [-0.05, 0) is 31.9 Å². The lowest BCUT2D eigenvalue weighted by Gasteiger charge is -2.12. The first-order chi connectivity index (χ1) is 9.28.